The number of halogens is 2. The number of hydrogen-bond acceptors (Lipinski definition) is 3. The Morgan fingerprint density at radius 3 is 2.42 bits per heavy atom. The van der Waals surface area contributed by atoms with Gasteiger partial charge < -0.3 is 10.4 Å². The van der Waals surface area contributed by atoms with Gasteiger partial charge in [-0.3, -0.25) is 4.90 Å². The number of phenolic OH excluding ortho intramolecular Hbond substituents is 1. The van der Waals surface area contributed by atoms with Crippen LogP contribution in [0.1, 0.15) is 31.4 Å². The van der Waals surface area contributed by atoms with E-state index in [4.69, 9.17) is 0 Å². The molecule has 5 heteroatoms. The maximum Gasteiger partial charge on any atom is 0.120 e. The third kappa shape index (κ3) is 4.84. The number of para-hydroxylation sites is 1. The van der Waals surface area contributed by atoms with Gasteiger partial charge in [0.1, 0.15) is 5.75 Å². The first kappa shape index (κ1) is 18.5. The van der Waals surface area contributed by atoms with E-state index in [1.807, 2.05) is 12.1 Å². The zero-order valence-electron chi connectivity index (χ0n) is 11.3. The van der Waals surface area contributed by atoms with E-state index in [9.17, 15) is 5.11 Å². The molecule has 0 unspecified atom stereocenters. The lowest BCUT2D eigenvalue weighted by molar-refractivity contribution is 0.162. The van der Waals surface area contributed by atoms with Crippen molar-refractivity contribution in [3.63, 3.8) is 0 Å². The van der Waals surface area contributed by atoms with Crippen LogP contribution in [0.5, 0.6) is 5.75 Å². The minimum Gasteiger partial charge on any atom is -0.508 e. The third-order valence-corrected chi connectivity index (χ3v) is 3.45. The number of hydrogen-bond donors (Lipinski definition) is 2. The van der Waals surface area contributed by atoms with Crippen LogP contribution in [-0.4, -0.2) is 36.2 Å². The molecule has 1 saturated heterocycles. The molecule has 110 valence electrons. The highest BCUT2D eigenvalue weighted by molar-refractivity contribution is 5.85. The summed E-state index contributed by atoms with van der Waals surface area (Å²) in [7, 11) is 0. The van der Waals surface area contributed by atoms with Crippen molar-refractivity contribution in [3.05, 3.63) is 29.8 Å². The second kappa shape index (κ2) is 9.43. The molecule has 1 aliphatic rings. The van der Waals surface area contributed by atoms with E-state index in [-0.39, 0.29) is 24.8 Å². The molecule has 1 aromatic rings. The highest BCUT2D eigenvalue weighted by Gasteiger charge is 2.23. The Kier molecular flexibility index (Phi) is 9.19. The summed E-state index contributed by atoms with van der Waals surface area (Å²) in [5.74, 6) is 0.435. The van der Waals surface area contributed by atoms with Crippen molar-refractivity contribution in [1.82, 2.24) is 10.2 Å². The lowest BCUT2D eigenvalue weighted by Crippen LogP contribution is -2.45. The molecule has 1 aliphatic heterocycles. The van der Waals surface area contributed by atoms with Gasteiger partial charge in [-0.05, 0) is 12.5 Å². The van der Waals surface area contributed by atoms with Crippen molar-refractivity contribution in [2.45, 2.75) is 25.8 Å². The summed E-state index contributed by atoms with van der Waals surface area (Å²) in [5.41, 5.74) is 1.08. The van der Waals surface area contributed by atoms with Crippen LogP contribution in [0.25, 0.3) is 0 Å². The third-order valence-electron chi connectivity index (χ3n) is 3.45. The van der Waals surface area contributed by atoms with Crippen LogP contribution >= 0.6 is 24.8 Å². The van der Waals surface area contributed by atoms with E-state index in [1.165, 1.54) is 0 Å². The SMILES string of the molecule is CCC[C@H](c1ccccc1O)N1CCNCC1.Cl.Cl. The minimum absolute atomic E-state index is 0. The van der Waals surface area contributed by atoms with Crippen LogP contribution in [0, 0.1) is 0 Å². The number of nitrogens with zero attached hydrogens (tertiary/aromatic N) is 1. The Balaban J connectivity index is 0.00000162. The largest absolute Gasteiger partial charge is 0.508 e. The summed E-state index contributed by atoms with van der Waals surface area (Å²) in [4.78, 5) is 2.48. The van der Waals surface area contributed by atoms with Gasteiger partial charge in [-0.15, -0.1) is 24.8 Å². The lowest BCUT2D eigenvalue weighted by atomic mass is 9.99. The number of rotatable bonds is 4. The van der Waals surface area contributed by atoms with Gasteiger partial charge in [0.25, 0.3) is 0 Å². The fourth-order valence-electron chi connectivity index (χ4n) is 2.57. The quantitative estimate of drug-likeness (QED) is 0.897. The van der Waals surface area contributed by atoms with Crippen molar-refractivity contribution in [1.29, 1.82) is 0 Å². The number of nitrogens with one attached hydrogen (secondary N) is 1. The number of piperazine rings is 1. The number of benzene rings is 1. The fourth-order valence-corrected chi connectivity index (χ4v) is 2.57. The van der Waals surface area contributed by atoms with Gasteiger partial charge in [-0.1, -0.05) is 31.5 Å². The molecule has 1 aromatic carbocycles. The van der Waals surface area contributed by atoms with E-state index >= 15 is 0 Å². The minimum atomic E-state index is 0. The molecule has 0 spiro atoms. The molecule has 0 saturated carbocycles. The Hall–Kier alpha value is -0.480. The highest BCUT2D eigenvalue weighted by atomic mass is 35.5. The first-order valence-corrected chi connectivity index (χ1v) is 6.55. The maximum atomic E-state index is 10.00. The van der Waals surface area contributed by atoms with E-state index < -0.39 is 0 Å². The first-order chi connectivity index (χ1) is 8.33. The van der Waals surface area contributed by atoms with Crippen molar-refractivity contribution in [3.8, 4) is 5.75 Å². The molecule has 0 aliphatic carbocycles. The Labute approximate surface area is 128 Å². The van der Waals surface area contributed by atoms with Gasteiger partial charge in [-0.2, -0.15) is 0 Å². The molecule has 2 N–H and O–H groups in total. The predicted molar refractivity (Wildman–Crippen MR) is 84.7 cm³/mol. The predicted octanol–water partition coefficient (Wildman–Crippen LogP) is 2.98. The van der Waals surface area contributed by atoms with E-state index in [2.05, 4.69) is 23.2 Å². The van der Waals surface area contributed by atoms with Gasteiger partial charge >= 0.3 is 0 Å². The van der Waals surface area contributed by atoms with Gasteiger partial charge in [0.05, 0.1) is 0 Å². The molecule has 0 bridgehead atoms. The van der Waals surface area contributed by atoms with Crippen molar-refractivity contribution in [2.75, 3.05) is 26.2 Å². The lowest BCUT2D eigenvalue weighted by Gasteiger charge is -2.35. The van der Waals surface area contributed by atoms with Gasteiger partial charge in [0.15, 0.2) is 0 Å². The summed E-state index contributed by atoms with van der Waals surface area (Å²) >= 11 is 0. The summed E-state index contributed by atoms with van der Waals surface area (Å²) in [6, 6.07) is 8.11. The second-order valence-corrected chi connectivity index (χ2v) is 4.65. The average molecular weight is 307 g/mol. The fraction of sp³-hybridized carbons (Fsp3) is 0.571. The molecule has 0 amide bonds. The van der Waals surface area contributed by atoms with Crippen LogP contribution < -0.4 is 5.32 Å². The van der Waals surface area contributed by atoms with Crippen LogP contribution in [-0.2, 0) is 0 Å². The summed E-state index contributed by atoms with van der Waals surface area (Å²) < 4.78 is 0. The normalized spacial score (nSPS) is 17.1. The molecular formula is C14H24Cl2N2O. The molecule has 0 radical (unpaired) electrons. The molecule has 1 heterocycles. The van der Waals surface area contributed by atoms with Crippen molar-refractivity contribution < 1.29 is 5.11 Å². The average Bonchev–Trinajstić information content (AvgIpc) is 2.38. The second-order valence-electron chi connectivity index (χ2n) is 4.65. The summed E-state index contributed by atoms with van der Waals surface area (Å²) in [5, 5.41) is 13.4. The summed E-state index contributed by atoms with van der Waals surface area (Å²) in [6.45, 7) is 6.44. The topological polar surface area (TPSA) is 35.5 Å². The molecule has 0 aromatic heterocycles. The smallest absolute Gasteiger partial charge is 0.120 e. The molecule has 1 fully saturated rings. The molecule has 19 heavy (non-hydrogen) atoms. The summed E-state index contributed by atoms with van der Waals surface area (Å²) in [6.07, 6.45) is 2.25. The van der Waals surface area contributed by atoms with Gasteiger partial charge in [-0.25, -0.2) is 0 Å². The monoisotopic (exact) mass is 306 g/mol. The van der Waals surface area contributed by atoms with Crippen molar-refractivity contribution >= 4 is 24.8 Å². The zero-order valence-corrected chi connectivity index (χ0v) is 13.0. The van der Waals surface area contributed by atoms with Crippen LogP contribution in [0.15, 0.2) is 24.3 Å². The Bertz CT molecular complexity index is 357. The first-order valence-electron chi connectivity index (χ1n) is 6.55. The van der Waals surface area contributed by atoms with Gasteiger partial charge in [0.2, 0.25) is 0 Å². The van der Waals surface area contributed by atoms with Crippen LogP contribution in [0.2, 0.25) is 0 Å². The van der Waals surface area contributed by atoms with Crippen LogP contribution in [0.3, 0.4) is 0 Å². The number of phenols is 1. The van der Waals surface area contributed by atoms with E-state index in [0.717, 1.165) is 44.6 Å². The highest BCUT2D eigenvalue weighted by Crippen LogP contribution is 2.31. The van der Waals surface area contributed by atoms with Crippen molar-refractivity contribution in [2.24, 2.45) is 0 Å². The molecular weight excluding hydrogens is 283 g/mol. The van der Waals surface area contributed by atoms with Crippen LogP contribution in [0.4, 0.5) is 0 Å². The maximum absolute atomic E-state index is 10.00. The van der Waals surface area contributed by atoms with E-state index in [0.29, 0.717) is 11.8 Å². The standard InChI is InChI=1S/C14H22N2O.2ClH/c1-2-5-13(16-10-8-15-9-11-16)12-6-3-4-7-14(12)17;;/h3-4,6-7,13,15,17H,2,5,8-11H2,1H3;2*1H/t13-;;/m1../s1. The van der Waals surface area contributed by atoms with E-state index in [1.54, 1.807) is 6.07 Å². The van der Waals surface area contributed by atoms with Gasteiger partial charge in [0, 0.05) is 37.8 Å². The Morgan fingerprint density at radius 2 is 1.84 bits per heavy atom. The number of aromatic hydroxyl groups is 1. The molecule has 3 nitrogen and oxygen atoms in total. The Morgan fingerprint density at radius 1 is 1.21 bits per heavy atom. The zero-order chi connectivity index (χ0) is 12.1. The molecule has 1 atom stereocenters. The molecule has 2 rings (SSSR count).